The number of ether oxygens (including phenoxy) is 2. The summed E-state index contributed by atoms with van der Waals surface area (Å²) in [5.74, 6) is 1.87. The molecule has 0 bridgehead atoms. The summed E-state index contributed by atoms with van der Waals surface area (Å²) in [5, 5.41) is 0. The molecule has 0 radical (unpaired) electrons. The maximum absolute atomic E-state index is 7.24. The maximum atomic E-state index is 7.24. The lowest BCUT2D eigenvalue weighted by Crippen LogP contribution is -2.60. The summed E-state index contributed by atoms with van der Waals surface area (Å²) < 4.78 is 19.2. The first-order valence-electron chi connectivity index (χ1n) is 15.2. The van der Waals surface area contributed by atoms with Crippen LogP contribution in [-0.2, 0) is 17.3 Å². The van der Waals surface area contributed by atoms with Gasteiger partial charge in [0.1, 0.15) is 0 Å². The first kappa shape index (κ1) is 27.1. The summed E-state index contributed by atoms with van der Waals surface area (Å²) in [6.45, 7) is 23.5. The van der Waals surface area contributed by atoms with Gasteiger partial charge in [-0.05, 0) is 72.3 Å². The molecule has 2 aromatic carbocycles. The summed E-state index contributed by atoms with van der Waals surface area (Å²) in [4.78, 5) is 3.52. The minimum atomic E-state index is -1.01. The van der Waals surface area contributed by atoms with E-state index in [1.165, 1.54) is 29.5 Å². The third kappa shape index (κ3) is 4.35. The van der Waals surface area contributed by atoms with Gasteiger partial charge in [0, 0.05) is 24.8 Å². The van der Waals surface area contributed by atoms with Crippen LogP contribution in [0.1, 0.15) is 113 Å². The molecular weight excluding hydrogens is 494 g/mol. The van der Waals surface area contributed by atoms with E-state index in [-0.39, 0.29) is 10.8 Å². The number of fused-ring (bicyclic) bond motifs is 5. The van der Waals surface area contributed by atoms with Crippen LogP contribution in [0.25, 0.3) is 4.85 Å². The Bertz CT molecular complexity index is 1460. The molecule has 6 rings (SSSR count). The van der Waals surface area contributed by atoms with Crippen LogP contribution in [0.15, 0.2) is 24.3 Å². The zero-order valence-corrected chi connectivity index (χ0v) is 25.4. The van der Waals surface area contributed by atoms with Crippen LogP contribution in [-0.4, -0.2) is 46.2 Å². The van der Waals surface area contributed by atoms with Crippen LogP contribution in [0.4, 0.5) is 0 Å². The number of hydrogen-bond acceptors (Lipinski definition) is 2. The Morgan fingerprint density at radius 1 is 0.850 bits per heavy atom. The van der Waals surface area contributed by atoms with Gasteiger partial charge in [-0.3, -0.25) is 0 Å². The molecule has 210 valence electrons. The Morgan fingerprint density at radius 2 is 1.48 bits per heavy atom. The number of benzene rings is 2. The molecule has 40 heavy (non-hydrogen) atoms. The second kappa shape index (κ2) is 9.47. The summed E-state index contributed by atoms with van der Waals surface area (Å²) in [6, 6.07) is 8.93. The quantitative estimate of drug-likeness (QED) is 0.235. The second-order valence-corrected chi connectivity index (χ2v) is 14.4. The molecule has 4 aliphatic rings. The second-order valence-electron chi connectivity index (χ2n) is 14.4. The van der Waals surface area contributed by atoms with Gasteiger partial charge in [0.15, 0.2) is 23.9 Å². The smallest absolute Gasteiger partial charge is 0.340 e. The highest BCUT2D eigenvalue weighted by molar-refractivity contribution is 5.84. The topological polar surface area (TPSA) is 28.8 Å². The first-order valence-corrected chi connectivity index (χ1v) is 15.2. The predicted molar refractivity (Wildman–Crippen MR) is 160 cm³/mol. The minimum Gasteiger partial charge on any atom is -0.340 e. The fraction of sp³-hybridized carbons (Fsp3) is 0.571. The Morgan fingerprint density at radius 3 is 2.08 bits per heavy atom. The van der Waals surface area contributed by atoms with Crippen LogP contribution in [0.5, 0.6) is 11.5 Å². The van der Waals surface area contributed by atoms with E-state index in [0.29, 0.717) is 18.6 Å². The summed E-state index contributed by atoms with van der Waals surface area (Å²) in [5.41, 5.74) is 7.30. The maximum Gasteiger partial charge on any atom is 0.704 e. The van der Waals surface area contributed by atoms with E-state index in [1.807, 2.05) is 0 Å². The molecule has 1 spiro atoms. The van der Waals surface area contributed by atoms with Gasteiger partial charge in [-0.1, -0.05) is 62.8 Å². The van der Waals surface area contributed by atoms with Gasteiger partial charge in [-0.25, -0.2) is 6.57 Å². The van der Waals surface area contributed by atoms with Gasteiger partial charge in [0.2, 0.25) is 18.6 Å². The van der Waals surface area contributed by atoms with E-state index in [1.54, 1.807) is 0 Å². The summed E-state index contributed by atoms with van der Waals surface area (Å²) >= 11 is 0. The van der Waals surface area contributed by atoms with Gasteiger partial charge in [0.05, 0.1) is 11.1 Å². The van der Waals surface area contributed by atoms with E-state index < -0.39 is 6.03 Å². The normalized spacial score (nSPS) is 24.6. The monoisotopic (exact) mass is 539 g/mol. The van der Waals surface area contributed by atoms with Crippen molar-refractivity contribution < 1.29 is 18.6 Å². The van der Waals surface area contributed by atoms with Crippen LogP contribution in [0.2, 0.25) is 0 Å². The van der Waals surface area contributed by atoms with Crippen LogP contribution in [0.3, 0.4) is 0 Å². The average molecular weight is 540 g/mol. The highest BCUT2D eigenvalue weighted by Crippen LogP contribution is 2.48. The number of aryl methyl sites for hydroxylation is 2. The van der Waals surface area contributed by atoms with Crippen molar-refractivity contribution in [3.8, 4) is 11.5 Å². The zero-order chi connectivity index (χ0) is 28.4. The molecule has 3 atom stereocenters. The number of rotatable bonds is 4. The molecule has 0 N–H and O–H groups in total. The van der Waals surface area contributed by atoms with E-state index >= 15 is 0 Å². The van der Waals surface area contributed by atoms with Crippen molar-refractivity contribution >= 4 is 12.4 Å². The highest BCUT2D eigenvalue weighted by atomic mass is 16.7. The third-order valence-electron chi connectivity index (χ3n) is 9.23. The predicted octanol–water partition coefficient (Wildman–Crippen LogP) is 7.12. The van der Waals surface area contributed by atoms with Crippen LogP contribution >= 0.6 is 0 Å². The van der Waals surface area contributed by atoms with Crippen molar-refractivity contribution in [3.63, 3.8) is 0 Å². The molecule has 1 aliphatic carbocycles. The summed E-state index contributed by atoms with van der Waals surface area (Å²) in [7, 11) is 0. The van der Waals surface area contributed by atoms with Gasteiger partial charge in [-0.15, -0.1) is 0 Å². The number of nitrogens with zero attached hydrogens (tertiary/aromatic N) is 3. The van der Waals surface area contributed by atoms with Crippen molar-refractivity contribution in [1.82, 2.24) is 0 Å². The number of hydrogen-bond donors (Lipinski definition) is 0. The van der Waals surface area contributed by atoms with Crippen molar-refractivity contribution in [1.29, 1.82) is 0 Å². The summed E-state index contributed by atoms with van der Waals surface area (Å²) in [6.07, 6.45) is 12.4. The molecule has 5 nitrogen and oxygen atoms in total. The Hall–Kier alpha value is -3.13. The van der Waals surface area contributed by atoms with Crippen LogP contribution in [0, 0.1) is 13.5 Å². The van der Waals surface area contributed by atoms with Crippen molar-refractivity contribution in [2.75, 3.05) is 6.54 Å². The molecule has 3 unspecified atom stereocenters. The van der Waals surface area contributed by atoms with Crippen LogP contribution < -0.4 is 9.47 Å². The fourth-order valence-corrected chi connectivity index (χ4v) is 7.07. The first-order chi connectivity index (χ1) is 18.9. The number of unbranched alkanes of at least 4 members (excludes halogenated alkanes) is 1. The zero-order valence-electron chi connectivity index (χ0n) is 25.4. The molecule has 1 saturated carbocycles. The Balaban J connectivity index is 1.50. The van der Waals surface area contributed by atoms with Gasteiger partial charge in [0.25, 0.3) is 0 Å². The highest BCUT2D eigenvalue weighted by Gasteiger charge is 2.76. The minimum absolute atomic E-state index is 0.0429. The van der Waals surface area contributed by atoms with Gasteiger partial charge in [-0.2, -0.15) is 0 Å². The van der Waals surface area contributed by atoms with Gasteiger partial charge < -0.3 is 14.3 Å². The third-order valence-corrected chi connectivity index (χ3v) is 9.23. The lowest BCUT2D eigenvalue weighted by atomic mass is 9.79. The van der Waals surface area contributed by atoms with E-state index in [4.69, 9.17) is 16.0 Å². The molecular formula is C35H45N3O2+2. The molecule has 5 heteroatoms. The van der Waals surface area contributed by atoms with Crippen molar-refractivity contribution in [2.24, 2.45) is 0 Å². The van der Waals surface area contributed by atoms with Gasteiger partial charge >= 0.3 is 6.03 Å². The lowest BCUT2D eigenvalue weighted by molar-refractivity contribution is -0.866. The van der Waals surface area contributed by atoms with E-state index in [9.17, 15) is 0 Å². The molecule has 0 aromatic heterocycles. The van der Waals surface area contributed by atoms with E-state index in [0.717, 1.165) is 60.3 Å². The lowest BCUT2D eigenvalue weighted by Gasteiger charge is -2.33. The largest absolute Gasteiger partial charge is 0.704 e. The molecule has 2 fully saturated rings. The van der Waals surface area contributed by atoms with E-state index in [2.05, 4.69) is 99.2 Å². The molecule has 2 aromatic rings. The van der Waals surface area contributed by atoms with Crippen molar-refractivity contribution in [3.05, 3.63) is 69.1 Å². The SMILES string of the molecule is [C-]#[N+]CCCCc1cc(C)c2c(c1)C=[N+]1C3CCCCC3[N+]3=Cc4cc(C(C)(C)C)cc(C(C)(C)C)c4OC13O2. The standard InChI is InChI=1S/C35H45N3O2/c1-23-17-24(13-11-12-16-36-8)18-25-21-37-29-14-9-10-15-30(29)38-22-26-19-27(33(2,3)4)20-28(34(5,6)7)32(26)40-35(37,38)39-31(23)25/h17-22,29-30H,9-16H2,1-7H3/q+2. The molecule has 1 saturated heterocycles. The average Bonchev–Trinajstić information content (AvgIpc) is 3.16. The van der Waals surface area contributed by atoms with Crippen molar-refractivity contribution in [2.45, 2.75) is 122 Å². The molecule has 3 aliphatic heterocycles. The Kier molecular flexibility index (Phi) is 6.41. The fourth-order valence-electron chi connectivity index (χ4n) is 7.07. The molecule has 0 amide bonds. The molecule has 3 heterocycles. The Labute approximate surface area is 240 Å².